The Morgan fingerprint density at radius 3 is 2.68 bits per heavy atom. The molecule has 0 unspecified atom stereocenters. The average molecular weight is 262 g/mol. The summed E-state index contributed by atoms with van der Waals surface area (Å²) in [6, 6.07) is 5.23. The fourth-order valence-corrected chi connectivity index (χ4v) is 2.38. The lowest BCUT2D eigenvalue weighted by molar-refractivity contribution is 0.0707. The summed E-state index contributed by atoms with van der Waals surface area (Å²) in [4.78, 5) is 14.4. The molecular formula is C15H22N2O2. The smallest absolute Gasteiger partial charge is 0.255 e. The van der Waals surface area contributed by atoms with Crippen LogP contribution in [0.2, 0.25) is 0 Å². The van der Waals surface area contributed by atoms with Gasteiger partial charge in [-0.2, -0.15) is 0 Å². The molecule has 1 aromatic carbocycles. The van der Waals surface area contributed by atoms with Crippen molar-refractivity contribution >= 4 is 11.6 Å². The van der Waals surface area contributed by atoms with Gasteiger partial charge in [0.1, 0.15) is 5.75 Å². The van der Waals surface area contributed by atoms with Gasteiger partial charge in [0, 0.05) is 24.8 Å². The third-order valence-electron chi connectivity index (χ3n) is 3.86. The molecule has 19 heavy (non-hydrogen) atoms. The summed E-state index contributed by atoms with van der Waals surface area (Å²) in [5.41, 5.74) is 6.99. The number of rotatable bonds is 5. The molecule has 0 aliphatic heterocycles. The van der Waals surface area contributed by atoms with Crippen LogP contribution in [0, 0.1) is 5.92 Å². The van der Waals surface area contributed by atoms with E-state index in [0.29, 0.717) is 22.9 Å². The number of hydrogen-bond donors (Lipinski definition) is 1. The zero-order valence-corrected chi connectivity index (χ0v) is 11.7. The van der Waals surface area contributed by atoms with E-state index in [1.165, 1.54) is 19.3 Å². The SMILES string of the molecule is CCN(CC1CCC1)C(=O)c1ccc(OC)cc1N. The molecule has 1 fully saturated rings. The number of anilines is 1. The van der Waals surface area contributed by atoms with E-state index in [0.717, 1.165) is 13.1 Å². The lowest BCUT2D eigenvalue weighted by Crippen LogP contribution is -2.37. The Bertz CT molecular complexity index is 455. The monoisotopic (exact) mass is 262 g/mol. The number of methoxy groups -OCH3 is 1. The third kappa shape index (κ3) is 3.00. The Labute approximate surface area is 114 Å². The minimum absolute atomic E-state index is 0.0227. The highest BCUT2D eigenvalue weighted by Crippen LogP contribution is 2.28. The quantitative estimate of drug-likeness (QED) is 0.830. The van der Waals surface area contributed by atoms with Gasteiger partial charge < -0.3 is 15.4 Å². The first-order valence-electron chi connectivity index (χ1n) is 6.88. The predicted octanol–water partition coefficient (Wildman–Crippen LogP) is 2.54. The normalized spacial score (nSPS) is 14.8. The lowest BCUT2D eigenvalue weighted by atomic mass is 9.85. The van der Waals surface area contributed by atoms with E-state index >= 15 is 0 Å². The molecule has 1 aliphatic carbocycles. The van der Waals surface area contributed by atoms with Gasteiger partial charge in [0.25, 0.3) is 5.91 Å². The van der Waals surface area contributed by atoms with Crippen molar-refractivity contribution in [2.45, 2.75) is 26.2 Å². The number of hydrogen-bond acceptors (Lipinski definition) is 3. The Hall–Kier alpha value is -1.71. The number of amides is 1. The molecule has 1 amide bonds. The summed E-state index contributed by atoms with van der Waals surface area (Å²) in [6.45, 7) is 3.58. The number of carbonyl (C=O) groups excluding carboxylic acids is 1. The minimum Gasteiger partial charge on any atom is -0.497 e. The Balaban J connectivity index is 2.11. The molecule has 104 valence electrons. The molecule has 0 spiro atoms. The van der Waals surface area contributed by atoms with Crippen LogP contribution in [0.15, 0.2) is 18.2 Å². The zero-order chi connectivity index (χ0) is 13.8. The van der Waals surface area contributed by atoms with E-state index in [1.54, 1.807) is 25.3 Å². The maximum absolute atomic E-state index is 12.5. The first-order valence-corrected chi connectivity index (χ1v) is 6.88. The van der Waals surface area contributed by atoms with Gasteiger partial charge in [-0.15, -0.1) is 0 Å². The van der Waals surface area contributed by atoms with Crippen LogP contribution < -0.4 is 10.5 Å². The molecule has 1 saturated carbocycles. The highest BCUT2D eigenvalue weighted by molar-refractivity contribution is 5.99. The van der Waals surface area contributed by atoms with Crippen molar-refractivity contribution < 1.29 is 9.53 Å². The summed E-state index contributed by atoms with van der Waals surface area (Å²) >= 11 is 0. The number of ether oxygens (including phenoxy) is 1. The van der Waals surface area contributed by atoms with E-state index in [4.69, 9.17) is 10.5 Å². The summed E-state index contributed by atoms with van der Waals surface area (Å²) in [6.07, 6.45) is 3.77. The van der Waals surface area contributed by atoms with Gasteiger partial charge in [0.2, 0.25) is 0 Å². The van der Waals surface area contributed by atoms with Gasteiger partial charge in [-0.3, -0.25) is 4.79 Å². The topological polar surface area (TPSA) is 55.6 Å². The van der Waals surface area contributed by atoms with Crippen LogP contribution >= 0.6 is 0 Å². The second-order valence-corrected chi connectivity index (χ2v) is 5.09. The second-order valence-electron chi connectivity index (χ2n) is 5.09. The van der Waals surface area contributed by atoms with Gasteiger partial charge in [-0.05, 0) is 37.8 Å². The van der Waals surface area contributed by atoms with Crippen molar-refractivity contribution in [1.29, 1.82) is 0 Å². The summed E-state index contributed by atoms with van der Waals surface area (Å²) in [5, 5.41) is 0. The van der Waals surface area contributed by atoms with Crippen LogP contribution in [0.3, 0.4) is 0 Å². The summed E-state index contributed by atoms with van der Waals surface area (Å²) in [7, 11) is 1.59. The van der Waals surface area contributed by atoms with Crippen molar-refractivity contribution in [3.8, 4) is 5.75 Å². The van der Waals surface area contributed by atoms with E-state index in [2.05, 4.69) is 0 Å². The molecule has 0 atom stereocenters. The van der Waals surface area contributed by atoms with Crippen LogP contribution in [0.5, 0.6) is 5.75 Å². The van der Waals surface area contributed by atoms with Crippen LogP contribution in [-0.4, -0.2) is 31.0 Å². The standard InChI is InChI=1S/C15H22N2O2/c1-3-17(10-11-5-4-6-11)15(18)13-8-7-12(19-2)9-14(13)16/h7-9,11H,3-6,10,16H2,1-2H3. The van der Waals surface area contributed by atoms with Crippen LogP contribution in [0.1, 0.15) is 36.5 Å². The molecule has 0 radical (unpaired) electrons. The van der Waals surface area contributed by atoms with Crippen LogP contribution in [-0.2, 0) is 0 Å². The Morgan fingerprint density at radius 2 is 2.21 bits per heavy atom. The van der Waals surface area contributed by atoms with Crippen LogP contribution in [0.4, 0.5) is 5.69 Å². The largest absolute Gasteiger partial charge is 0.497 e. The van der Waals surface area contributed by atoms with E-state index in [-0.39, 0.29) is 5.91 Å². The minimum atomic E-state index is 0.0227. The number of nitrogens with zero attached hydrogens (tertiary/aromatic N) is 1. The first kappa shape index (κ1) is 13.7. The van der Waals surface area contributed by atoms with Gasteiger partial charge in [0.15, 0.2) is 0 Å². The molecular weight excluding hydrogens is 240 g/mol. The molecule has 2 rings (SSSR count). The van der Waals surface area contributed by atoms with E-state index in [9.17, 15) is 4.79 Å². The van der Waals surface area contributed by atoms with Crippen LogP contribution in [0.25, 0.3) is 0 Å². The second kappa shape index (κ2) is 5.95. The van der Waals surface area contributed by atoms with Gasteiger partial charge in [-0.25, -0.2) is 0 Å². The number of nitrogen functional groups attached to an aromatic ring is 1. The van der Waals surface area contributed by atoms with Gasteiger partial charge in [-0.1, -0.05) is 6.42 Å². The van der Waals surface area contributed by atoms with E-state index in [1.807, 2.05) is 11.8 Å². The molecule has 4 heteroatoms. The highest BCUT2D eigenvalue weighted by atomic mass is 16.5. The maximum Gasteiger partial charge on any atom is 0.255 e. The number of nitrogens with two attached hydrogens (primary N) is 1. The predicted molar refractivity (Wildman–Crippen MR) is 76.3 cm³/mol. The number of benzene rings is 1. The number of carbonyl (C=O) groups is 1. The van der Waals surface area contributed by atoms with Crippen molar-refractivity contribution in [1.82, 2.24) is 4.90 Å². The fourth-order valence-electron chi connectivity index (χ4n) is 2.38. The first-order chi connectivity index (χ1) is 9.15. The average Bonchev–Trinajstić information content (AvgIpc) is 2.37. The maximum atomic E-state index is 12.5. The van der Waals surface area contributed by atoms with Gasteiger partial charge in [0.05, 0.1) is 12.7 Å². The summed E-state index contributed by atoms with van der Waals surface area (Å²) in [5.74, 6) is 1.37. The van der Waals surface area contributed by atoms with E-state index < -0.39 is 0 Å². The van der Waals surface area contributed by atoms with Crippen molar-refractivity contribution in [3.63, 3.8) is 0 Å². The van der Waals surface area contributed by atoms with Crippen molar-refractivity contribution in [3.05, 3.63) is 23.8 Å². The molecule has 0 bridgehead atoms. The highest BCUT2D eigenvalue weighted by Gasteiger charge is 2.24. The Kier molecular flexibility index (Phi) is 4.30. The Morgan fingerprint density at radius 1 is 1.47 bits per heavy atom. The molecule has 0 heterocycles. The van der Waals surface area contributed by atoms with Crippen molar-refractivity contribution in [2.24, 2.45) is 5.92 Å². The molecule has 2 N–H and O–H groups in total. The third-order valence-corrected chi connectivity index (χ3v) is 3.86. The fraction of sp³-hybridized carbons (Fsp3) is 0.533. The molecule has 4 nitrogen and oxygen atoms in total. The lowest BCUT2D eigenvalue weighted by Gasteiger charge is -2.32. The van der Waals surface area contributed by atoms with Gasteiger partial charge >= 0.3 is 0 Å². The zero-order valence-electron chi connectivity index (χ0n) is 11.7. The molecule has 1 aromatic rings. The van der Waals surface area contributed by atoms with Crippen molar-refractivity contribution in [2.75, 3.05) is 25.9 Å². The summed E-state index contributed by atoms with van der Waals surface area (Å²) < 4.78 is 5.10. The molecule has 1 aliphatic rings. The molecule has 0 aromatic heterocycles. The molecule has 0 saturated heterocycles.